The first-order chi connectivity index (χ1) is 8.16. The van der Waals surface area contributed by atoms with Crippen molar-refractivity contribution < 1.29 is 4.74 Å². The molecule has 0 atom stereocenters. The molecule has 0 radical (unpaired) electrons. The van der Waals surface area contributed by atoms with Crippen molar-refractivity contribution in [2.24, 2.45) is 5.73 Å². The van der Waals surface area contributed by atoms with Crippen molar-refractivity contribution in [2.75, 3.05) is 0 Å². The van der Waals surface area contributed by atoms with E-state index in [1.54, 1.807) is 29.5 Å². The van der Waals surface area contributed by atoms with E-state index in [-0.39, 0.29) is 5.84 Å². The highest BCUT2D eigenvalue weighted by Gasteiger charge is 2.05. The molecule has 0 aliphatic heterocycles. The second-order valence-electron chi connectivity index (χ2n) is 3.48. The van der Waals surface area contributed by atoms with Crippen LogP contribution in [-0.2, 0) is 6.61 Å². The molecule has 1 heterocycles. The van der Waals surface area contributed by atoms with Crippen molar-refractivity contribution in [2.45, 2.75) is 6.61 Å². The highest BCUT2D eigenvalue weighted by atomic mass is 35.5. The van der Waals surface area contributed by atoms with E-state index in [1.165, 1.54) is 0 Å². The monoisotopic (exact) mass is 266 g/mol. The van der Waals surface area contributed by atoms with Crippen molar-refractivity contribution in [3.8, 4) is 5.75 Å². The van der Waals surface area contributed by atoms with Gasteiger partial charge < -0.3 is 10.5 Å². The molecule has 2 aromatic rings. The van der Waals surface area contributed by atoms with E-state index in [1.807, 2.05) is 16.8 Å². The average Bonchev–Trinajstić information content (AvgIpc) is 2.78. The number of ether oxygens (including phenoxy) is 1. The zero-order valence-electron chi connectivity index (χ0n) is 8.94. The van der Waals surface area contributed by atoms with Gasteiger partial charge in [-0.1, -0.05) is 11.6 Å². The summed E-state index contributed by atoms with van der Waals surface area (Å²) in [6.45, 7) is 0.513. The zero-order valence-corrected chi connectivity index (χ0v) is 10.5. The first kappa shape index (κ1) is 12.0. The lowest BCUT2D eigenvalue weighted by Crippen LogP contribution is -2.11. The van der Waals surface area contributed by atoms with Crippen LogP contribution in [0.2, 0.25) is 5.02 Å². The number of nitrogens with two attached hydrogens (primary N) is 1. The number of thiophene rings is 1. The fourth-order valence-electron chi connectivity index (χ4n) is 1.35. The molecule has 0 unspecified atom stereocenters. The van der Waals surface area contributed by atoms with Gasteiger partial charge in [-0.15, -0.1) is 0 Å². The molecule has 0 fully saturated rings. The Bertz CT molecular complexity index is 525. The van der Waals surface area contributed by atoms with E-state index in [0.29, 0.717) is 22.9 Å². The van der Waals surface area contributed by atoms with Crippen molar-refractivity contribution in [1.29, 1.82) is 5.41 Å². The molecule has 0 saturated carbocycles. The van der Waals surface area contributed by atoms with Gasteiger partial charge in [-0.2, -0.15) is 11.3 Å². The summed E-state index contributed by atoms with van der Waals surface area (Å²) in [5.41, 5.74) is 7.02. The predicted octanol–water partition coefficient (Wildman–Crippen LogP) is 3.26. The fraction of sp³-hybridized carbons (Fsp3) is 0.0833. The lowest BCUT2D eigenvalue weighted by atomic mass is 10.2. The Balaban J connectivity index is 2.07. The summed E-state index contributed by atoms with van der Waals surface area (Å²) in [6, 6.07) is 7.13. The van der Waals surface area contributed by atoms with Gasteiger partial charge in [-0.3, -0.25) is 5.41 Å². The summed E-state index contributed by atoms with van der Waals surface area (Å²) >= 11 is 7.62. The number of hydrogen-bond acceptors (Lipinski definition) is 3. The maximum Gasteiger partial charge on any atom is 0.124 e. The summed E-state index contributed by atoms with van der Waals surface area (Å²) < 4.78 is 5.58. The van der Waals surface area contributed by atoms with Gasteiger partial charge in [0.15, 0.2) is 0 Å². The maximum absolute atomic E-state index is 7.32. The third-order valence-corrected chi connectivity index (χ3v) is 3.26. The molecule has 3 nitrogen and oxygen atoms in total. The highest BCUT2D eigenvalue weighted by Crippen LogP contribution is 2.23. The Morgan fingerprint density at radius 1 is 1.41 bits per heavy atom. The van der Waals surface area contributed by atoms with Crippen LogP contribution in [0.3, 0.4) is 0 Å². The molecule has 5 heteroatoms. The summed E-state index contributed by atoms with van der Waals surface area (Å²) in [6.07, 6.45) is 0. The quantitative estimate of drug-likeness (QED) is 0.659. The summed E-state index contributed by atoms with van der Waals surface area (Å²) in [5, 5.41) is 11.8. The zero-order chi connectivity index (χ0) is 12.3. The number of nitrogens with one attached hydrogen (secondary N) is 1. The minimum absolute atomic E-state index is 0.0422. The molecule has 0 aliphatic carbocycles. The maximum atomic E-state index is 7.32. The van der Waals surface area contributed by atoms with Crippen molar-refractivity contribution >= 4 is 28.8 Å². The topological polar surface area (TPSA) is 59.1 Å². The minimum Gasteiger partial charge on any atom is -0.489 e. The minimum atomic E-state index is -0.0422. The van der Waals surface area contributed by atoms with E-state index in [9.17, 15) is 0 Å². The first-order valence-electron chi connectivity index (χ1n) is 4.94. The molecule has 0 spiro atoms. The second kappa shape index (κ2) is 5.21. The van der Waals surface area contributed by atoms with Gasteiger partial charge in [0.25, 0.3) is 0 Å². The van der Waals surface area contributed by atoms with Crippen LogP contribution in [0.5, 0.6) is 5.75 Å². The van der Waals surface area contributed by atoms with E-state index in [2.05, 4.69) is 0 Å². The highest BCUT2D eigenvalue weighted by molar-refractivity contribution is 7.07. The smallest absolute Gasteiger partial charge is 0.124 e. The summed E-state index contributed by atoms with van der Waals surface area (Å²) in [7, 11) is 0. The molecular weight excluding hydrogens is 256 g/mol. The Morgan fingerprint density at radius 2 is 2.24 bits per heavy atom. The first-order valence-corrected chi connectivity index (χ1v) is 6.26. The largest absolute Gasteiger partial charge is 0.489 e. The van der Waals surface area contributed by atoms with Crippen molar-refractivity contribution in [3.63, 3.8) is 0 Å². The normalized spacial score (nSPS) is 10.2. The van der Waals surface area contributed by atoms with Crippen molar-refractivity contribution in [3.05, 3.63) is 51.2 Å². The molecule has 0 saturated heterocycles. The van der Waals surface area contributed by atoms with Gasteiger partial charge in [-0.25, -0.2) is 0 Å². The number of halogens is 1. The molecular formula is C12H11ClN2OS. The molecule has 1 aromatic carbocycles. The SMILES string of the molecule is N=C(N)c1ccc(OCc2ccsc2)cc1Cl. The van der Waals surface area contributed by atoms with Crippen LogP contribution in [0.15, 0.2) is 35.0 Å². The van der Waals surface area contributed by atoms with E-state index in [0.717, 1.165) is 5.56 Å². The van der Waals surface area contributed by atoms with Crippen LogP contribution in [0.1, 0.15) is 11.1 Å². The average molecular weight is 267 g/mol. The van der Waals surface area contributed by atoms with Gasteiger partial charge in [0.05, 0.1) is 5.02 Å². The van der Waals surface area contributed by atoms with Crippen LogP contribution in [0.25, 0.3) is 0 Å². The van der Waals surface area contributed by atoms with Crippen LogP contribution in [0, 0.1) is 5.41 Å². The summed E-state index contributed by atoms with van der Waals surface area (Å²) in [4.78, 5) is 0. The molecule has 0 bridgehead atoms. The Hall–Kier alpha value is -1.52. The fourth-order valence-corrected chi connectivity index (χ4v) is 2.27. The van der Waals surface area contributed by atoms with Crippen molar-refractivity contribution in [1.82, 2.24) is 0 Å². The third kappa shape index (κ3) is 2.99. The molecule has 88 valence electrons. The van der Waals surface area contributed by atoms with Crippen LogP contribution < -0.4 is 10.5 Å². The number of amidine groups is 1. The standard InChI is InChI=1S/C12H11ClN2OS/c13-11-5-9(1-2-10(11)12(14)15)16-6-8-3-4-17-7-8/h1-5,7H,6H2,(H3,14,15). The third-order valence-electron chi connectivity index (χ3n) is 2.22. The van der Waals surface area contributed by atoms with Gasteiger partial charge in [0.1, 0.15) is 18.2 Å². The van der Waals surface area contributed by atoms with E-state index >= 15 is 0 Å². The Kier molecular flexibility index (Phi) is 3.66. The Morgan fingerprint density at radius 3 is 2.82 bits per heavy atom. The lowest BCUT2D eigenvalue weighted by molar-refractivity contribution is 0.307. The predicted molar refractivity (Wildman–Crippen MR) is 71.1 cm³/mol. The molecule has 0 aliphatic rings. The lowest BCUT2D eigenvalue weighted by Gasteiger charge is -2.07. The van der Waals surface area contributed by atoms with Gasteiger partial charge >= 0.3 is 0 Å². The second-order valence-corrected chi connectivity index (χ2v) is 4.66. The Labute approximate surface area is 108 Å². The number of nitrogen functional groups attached to an aromatic ring is 1. The molecule has 0 amide bonds. The molecule has 1 aromatic heterocycles. The van der Waals surface area contributed by atoms with E-state index in [4.69, 9.17) is 27.5 Å². The molecule has 2 rings (SSSR count). The van der Waals surface area contributed by atoms with Crippen LogP contribution in [0.4, 0.5) is 0 Å². The molecule has 17 heavy (non-hydrogen) atoms. The van der Waals surface area contributed by atoms with Crippen LogP contribution in [-0.4, -0.2) is 5.84 Å². The molecule has 3 N–H and O–H groups in total. The number of benzene rings is 1. The van der Waals surface area contributed by atoms with Crippen LogP contribution >= 0.6 is 22.9 Å². The summed E-state index contributed by atoms with van der Waals surface area (Å²) in [5.74, 6) is 0.630. The van der Waals surface area contributed by atoms with Gasteiger partial charge in [0.2, 0.25) is 0 Å². The van der Waals surface area contributed by atoms with Gasteiger partial charge in [-0.05, 0) is 40.6 Å². The number of hydrogen-bond donors (Lipinski definition) is 2. The van der Waals surface area contributed by atoms with Gasteiger partial charge in [0, 0.05) is 5.56 Å². The number of rotatable bonds is 4. The van der Waals surface area contributed by atoms with E-state index < -0.39 is 0 Å².